The predicted molar refractivity (Wildman–Crippen MR) is 103 cm³/mol. The van der Waals surface area contributed by atoms with Crippen molar-refractivity contribution in [3.8, 4) is 6.07 Å². The minimum absolute atomic E-state index is 0.216. The standard InChI is InChI=1S/C21H19F3N4O2/c1-13-19(27-10-4-5-15(27)11-25)30-18(26-13)9-8-14-12-28(20(29)21(22,23)24)17-7-3-2-6-16(14)17/h2-3,6-7,12,15H,4-5,8-10H2,1H3/t15-/m0/s1. The number of oxazole rings is 1. The number of benzene rings is 1. The van der Waals surface area contributed by atoms with Crippen LogP contribution in [-0.4, -0.2) is 34.2 Å². The molecule has 3 heterocycles. The number of carbonyl (C=O) groups excluding carboxylic acids is 1. The van der Waals surface area contributed by atoms with E-state index >= 15 is 0 Å². The van der Waals surface area contributed by atoms with Crippen molar-refractivity contribution in [1.82, 2.24) is 9.55 Å². The number of carbonyl (C=O) groups is 1. The van der Waals surface area contributed by atoms with Crippen LogP contribution in [0.5, 0.6) is 0 Å². The van der Waals surface area contributed by atoms with Gasteiger partial charge in [-0.25, -0.2) is 4.98 Å². The van der Waals surface area contributed by atoms with Gasteiger partial charge in [0.25, 0.3) is 0 Å². The summed E-state index contributed by atoms with van der Waals surface area (Å²) in [6.45, 7) is 2.53. The van der Waals surface area contributed by atoms with Gasteiger partial charge in [0.05, 0.1) is 11.6 Å². The first-order chi connectivity index (χ1) is 14.3. The molecule has 4 rings (SSSR count). The fourth-order valence-corrected chi connectivity index (χ4v) is 3.96. The molecule has 1 aromatic carbocycles. The predicted octanol–water partition coefficient (Wildman–Crippen LogP) is 4.42. The molecule has 0 saturated carbocycles. The highest BCUT2D eigenvalue weighted by atomic mass is 19.4. The minimum atomic E-state index is -4.96. The van der Waals surface area contributed by atoms with E-state index in [9.17, 15) is 23.2 Å². The van der Waals surface area contributed by atoms with Crippen LogP contribution >= 0.6 is 0 Å². The molecule has 156 valence electrons. The first-order valence-corrected chi connectivity index (χ1v) is 9.62. The lowest BCUT2D eigenvalue weighted by Gasteiger charge is -2.18. The van der Waals surface area contributed by atoms with Gasteiger partial charge in [0.2, 0.25) is 5.88 Å². The number of fused-ring (bicyclic) bond motifs is 1. The lowest BCUT2D eigenvalue weighted by Crippen LogP contribution is -2.28. The number of hydrogen-bond acceptors (Lipinski definition) is 5. The van der Waals surface area contributed by atoms with Crippen LogP contribution in [0.15, 0.2) is 34.9 Å². The van der Waals surface area contributed by atoms with Gasteiger partial charge in [-0.1, -0.05) is 18.2 Å². The van der Waals surface area contributed by atoms with Gasteiger partial charge < -0.3 is 9.32 Å². The zero-order valence-electron chi connectivity index (χ0n) is 16.2. The number of alkyl halides is 3. The monoisotopic (exact) mass is 416 g/mol. The van der Waals surface area contributed by atoms with E-state index in [1.165, 1.54) is 12.3 Å². The molecule has 0 aliphatic carbocycles. The van der Waals surface area contributed by atoms with Crippen LogP contribution in [0.1, 0.15) is 34.8 Å². The second kappa shape index (κ2) is 7.52. The van der Waals surface area contributed by atoms with Crippen molar-refractivity contribution in [1.29, 1.82) is 5.26 Å². The molecular formula is C21H19F3N4O2. The third-order valence-corrected chi connectivity index (χ3v) is 5.34. The maximum absolute atomic E-state index is 13.0. The van der Waals surface area contributed by atoms with Crippen molar-refractivity contribution in [2.75, 3.05) is 11.4 Å². The van der Waals surface area contributed by atoms with E-state index in [0.29, 0.717) is 45.8 Å². The molecule has 2 aromatic heterocycles. The smallest absolute Gasteiger partial charge is 0.425 e. The summed E-state index contributed by atoms with van der Waals surface area (Å²) >= 11 is 0. The summed E-state index contributed by atoms with van der Waals surface area (Å²) in [7, 11) is 0. The van der Waals surface area contributed by atoms with Crippen molar-refractivity contribution in [3.05, 3.63) is 47.6 Å². The number of aryl methyl sites for hydroxylation is 3. The number of nitrogens with zero attached hydrogens (tertiary/aromatic N) is 4. The van der Waals surface area contributed by atoms with Gasteiger partial charge in [-0.15, -0.1) is 0 Å². The Balaban J connectivity index is 1.59. The number of hydrogen-bond donors (Lipinski definition) is 0. The zero-order chi connectivity index (χ0) is 21.5. The molecule has 1 saturated heterocycles. The maximum atomic E-state index is 13.0. The highest BCUT2D eigenvalue weighted by molar-refractivity contribution is 5.96. The van der Waals surface area contributed by atoms with E-state index in [-0.39, 0.29) is 11.6 Å². The van der Waals surface area contributed by atoms with Gasteiger partial charge >= 0.3 is 12.1 Å². The minimum Gasteiger partial charge on any atom is -0.425 e. The summed E-state index contributed by atoms with van der Waals surface area (Å²) in [6, 6.07) is 8.52. The Labute approximate surface area is 170 Å². The van der Waals surface area contributed by atoms with Crippen LogP contribution in [-0.2, 0) is 12.8 Å². The van der Waals surface area contributed by atoms with Gasteiger partial charge in [-0.3, -0.25) is 9.36 Å². The van der Waals surface area contributed by atoms with Gasteiger partial charge in [0.15, 0.2) is 5.89 Å². The van der Waals surface area contributed by atoms with Crippen LogP contribution in [0.4, 0.5) is 19.1 Å². The van der Waals surface area contributed by atoms with Crippen molar-refractivity contribution in [3.63, 3.8) is 0 Å². The van der Waals surface area contributed by atoms with Crippen molar-refractivity contribution < 1.29 is 22.4 Å². The first-order valence-electron chi connectivity index (χ1n) is 9.62. The summed E-state index contributed by atoms with van der Waals surface area (Å²) < 4.78 is 45.4. The Hall–Kier alpha value is -3.28. The second-order valence-electron chi connectivity index (χ2n) is 7.32. The normalized spacial score (nSPS) is 16.9. The molecule has 1 aliphatic rings. The number of para-hydroxylation sites is 1. The van der Waals surface area contributed by atoms with Crippen LogP contribution in [0, 0.1) is 18.3 Å². The number of aromatic nitrogens is 2. The lowest BCUT2D eigenvalue weighted by molar-refractivity contribution is -0.0943. The summed E-state index contributed by atoms with van der Waals surface area (Å²) in [5.41, 5.74) is 1.51. The van der Waals surface area contributed by atoms with Crippen LogP contribution < -0.4 is 4.90 Å². The van der Waals surface area contributed by atoms with E-state index in [2.05, 4.69) is 11.1 Å². The average molecular weight is 416 g/mol. The summed E-state index contributed by atoms with van der Waals surface area (Å²) in [6.07, 6.45) is -1.32. The number of nitriles is 1. The maximum Gasteiger partial charge on any atom is 0.472 e. The average Bonchev–Trinajstić information content (AvgIpc) is 3.41. The molecule has 0 unspecified atom stereocenters. The number of halogens is 3. The fourth-order valence-electron chi connectivity index (χ4n) is 3.96. The second-order valence-corrected chi connectivity index (χ2v) is 7.32. The molecule has 0 spiro atoms. The summed E-state index contributed by atoms with van der Waals surface area (Å²) in [5.74, 6) is -0.899. The molecule has 3 aromatic rings. The van der Waals surface area contributed by atoms with E-state index in [1.807, 2.05) is 11.8 Å². The largest absolute Gasteiger partial charge is 0.472 e. The van der Waals surface area contributed by atoms with Crippen LogP contribution in [0.25, 0.3) is 10.9 Å². The third kappa shape index (κ3) is 3.54. The van der Waals surface area contributed by atoms with Gasteiger partial charge in [-0.05, 0) is 37.8 Å². The molecule has 0 amide bonds. The molecule has 0 N–H and O–H groups in total. The number of rotatable bonds is 4. The molecule has 1 atom stereocenters. The highest BCUT2D eigenvalue weighted by Crippen LogP contribution is 2.30. The third-order valence-electron chi connectivity index (χ3n) is 5.34. The van der Waals surface area contributed by atoms with Crippen molar-refractivity contribution in [2.45, 2.75) is 44.8 Å². The molecule has 0 bridgehead atoms. The van der Waals surface area contributed by atoms with E-state index in [0.717, 1.165) is 19.4 Å². The molecule has 1 fully saturated rings. The Bertz CT molecular complexity index is 1140. The van der Waals surface area contributed by atoms with E-state index in [1.54, 1.807) is 18.2 Å². The Morgan fingerprint density at radius 1 is 1.33 bits per heavy atom. The van der Waals surface area contributed by atoms with Gasteiger partial charge in [0.1, 0.15) is 11.7 Å². The fraction of sp³-hybridized carbons (Fsp3) is 0.381. The van der Waals surface area contributed by atoms with Crippen molar-refractivity contribution >= 4 is 22.7 Å². The molecular weight excluding hydrogens is 397 g/mol. The Morgan fingerprint density at radius 2 is 2.10 bits per heavy atom. The van der Waals surface area contributed by atoms with Gasteiger partial charge in [0, 0.05) is 24.5 Å². The molecule has 9 heteroatoms. The Morgan fingerprint density at radius 3 is 2.83 bits per heavy atom. The molecule has 1 aliphatic heterocycles. The van der Waals surface area contributed by atoms with E-state index in [4.69, 9.17) is 4.42 Å². The first kappa shape index (κ1) is 20.0. The number of anilines is 1. The van der Waals surface area contributed by atoms with Crippen LogP contribution in [0.2, 0.25) is 0 Å². The molecule has 0 radical (unpaired) electrons. The van der Waals surface area contributed by atoms with Gasteiger partial charge in [-0.2, -0.15) is 18.4 Å². The van der Waals surface area contributed by atoms with E-state index < -0.39 is 12.1 Å². The molecule has 30 heavy (non-hydrogen) atoms. The summed E-state index contributed by atoms with van der Waals surface area (Å²) in [4.78, 5) is 18.1. The summed E-state index contributed by atoms with van der Waals surface area (Å²) in [5, 5.41) is 9.87. The Kier molecular flexibility index (Phi) is 5.02. The van der Waals surface area contributed by atoms with Crippen LogP contribution in [0.3, 0.4) is 0 Å². The molecule has 6 nitrogen and oxygen atoms in total. The zero-order valence-corrected chi connectivity index (χ0v) is 16.2. The lowest BCUT2D eigenvalue weighted by atomic mass is 10.1. The highest BCUT2D eigenvalue weighted by Gasteiger charge is 2.40. The topological polar surface area (TPSA) is 75.1 Å². The quantitative estimate of drug-likeness (QED) is 0.630. The van der Waals surface area contributed by atoms with Crippen molar-refractivity contribution in [2.24, 2.45) is 0 Å². The SMILES string of the molecule is Cc1nc(CCc2cn(C(=O)C(F)(F)F)c3ccccc23)oc1N1CCC[C@H]1C#N.